The molecule has 2 atom stereocenters. The first-order valence-corrected chi connectivity index (χ1v) is 5.66. The number of anilines is 1. The molecular weight excluding hydrogens is 223 g/mol. The predicted molar refractivity (Wildman–Crippen MR) is 65.6 cm³/mol. The summed E-state index contributed by atoms with van der Waals surface area (Å²) in [6, 6.07) is 3.77. The van der Waals surface area contributed by atoms with Gasteiger partial charge in [0.2, 0.25) is 0 Å². The molecule has 0 bridgehead atoms. The molecule has 0 amide bonds. The quantitative estimate of drug-likeness (QED) is 0.632. The van der Waals surface area contributed by atoms with Gasteiger partial charge in [-0.2, -0.15) is 0 Å². The van der Waals surface area contributed by atoms with Crippen molar-refractivity contribution in [3.8, 4) is 0 Å². The van der Waals surface area contributed by atoms with E-state index in [9.17, 15) is 14.5 Å². The second-order valence-corrected chi connectivity index (χ2v) is 4.24. The molecule has 2 unspecified atom stereocenters. The van der Waals surface area contributed by atoms with Crippen LogP contribution in [0.4, 0.5) is 15.8 Å². The summed E-state index contributed by atoms with van der Waals surface area (Å²) in [7, 11) is 0. The number of benzene rings is 1. The molecule has 1 aromatic carbocycles. The van der Waals surface area contributed by atoms with Crippen LogP contribution in [0.1, 0.15) is 27.2 Å². The van der Waals surface area contributed by atoms with Crippen molar-refractivity contribution in [1.82, 2.24) is 0 Å². The fourth-order valence-corrected chi connectivity index (χ4v) is 1.48. The van der Waals surface area contributed by atoms with Gasteiger partial charge in [0, 0.05) is 12.1 Å². The lowest BCUT2D eigenvalue weighted by atomic mass is 10.0. The average Bonchev–Trinajstić information content (AvgIpc) is 2.30. The molecule has 0 spiro atoms. The summed E-state index contributed by atoms with van der Waals surface area (Å²) in [4.78, 5) is 9.85. The van der Waals surface area contributed by atoms with E-state index < -0.39 is 10.7 Å². The van der Waals surface area contributed by atoms with Crippen molar-refractivity contribution in [2.24, 2.45) is 5.92 Å². The van der Waals surface area contributed by atoms with Crippen molar-refractivity contribution in [1.29, 1.82) is 0 Å². The summed E-state index contributed by atoms with van der Waals surface area (Å²) in [5.41, 5.74) is 0.0765. The van der Waals surface area contributed by atoms with E-state index in [1.165, 1.54) is 12.1 Å². The van der Waals surface area contributed by atoms with Gasteiger partial charge in [0.05, 0.1) is 16.7 Å². The summed E-state index contributed by atoms with van der Waals surface area (Å²) in [5.74, 6) is -0.182. The van der Waals surface area contributed by atoms with Crippen molar-refractivity contribution in [3.63, 3.8) is 0 Å². The number of hydrogen-bond acceptors (Lipinski definition) is 3. The molecular formula is C12H17FN2O2. The van der Waals surface area contributed by atoms with E-state index in [4.69, 9.17) is 0 Å². The summed E-state index contributed by atoms with van der Waals surface area (Å²) < 4.78 is 13.6. The molecule has 0 saturated heterocycles. The van der Waals surface area contributed by atoms with Crippen LogP contribution in [-0.2, 0) is 0 Å². The highest BCUT2D eigenvalue weighted by Crippen LogP contribution is 2.22. The normalized spacial score (nSPS) is 14.1. The molecule has 0 fully saturated rings. The molecule has 4 nitrogen and oxygen atoms in total. The van der Waals surface area contributed by atoms with Gasteiger partial charge in [-0.3, -0.25) is 10.1 Å². The predicted octanol–water partition coefficient (Wildman–Crippen LogP) is 3.58. The maximum absolute atomic E-state index is 13.6. The molecule has 5 heteroatoms. The molecule has 0 heterocycles. The number of halogens is 1. The lowest BCUT2D eigenvalue weighted by molar-refractivity contribution is -0.385. The first-order chi connectivity index (χ1) is 7.95. The average molecular weight is 240 g/mol. The first-order valence-electron chi connectivity index (χ1n) is 5.66. The summed E-state index contributed by atoms with van der Waals surface area (Å²) in [6.45, 7) is 6.10. The minimum atomic E-state index is -0.606. The van der Waals surface area contributed by atoms with Gasteiger partial charge >= 0.3 is 0 Å². The van der Waals surface area contributed by atoms with Gasteiger partial charge in [-0.15, -0.1) is 0 Å². The fourth-order valence-electron chi connectivity index (χ4n) is 1.48. The maximum Gasteiger partial charge on any atom is 0.272 e. The Bertz CT molecular complexity index is 409. The van der Waals surface area contributed by atoms with Crippen LogP contribution < -0.4 is 5.32 Å². The molecule has 1 aromatic rings. The van der Waals surface area contributed by atoms with E-state index in [-0.39, 0.29) is 11.7 Å². The van der Waals surface area contributed by atoms with E-state index in [0.717, 1.165) is 12.5 Å². The van der Waals surface area contributed by atoms with Crippen LogP contribution in [0.2, 0.25) is 0 Å². The molecule has 0 aliphatic heterocycles. The second kappa shape index (κ2) is 5.61. The van der Waals surface area contributed by atoms with E-state index >= 15 is 0 Å². The summed E-state index contributed by atoms with van der Waals surface area (Å²) in [5, 5.41) is 13.5. The fraction of sp³-hybridized carbons (Fsp3) is 0.500. The Morgan fingerprint density at radius 3 is 2.59 bits per heavy atom. The zero-order valence-electron chi connectivity index (χ0n) is 10.2. The minimum Gasteiger partial charge on any atom is -0.380 e. The molecule has 0 saturated carbocycles. The van der Waals surface area contributed by atoms with Crippen LogP contribution >= 0.6 is 0 Å². The number of nitro benzene ring substituents is 1. The topological polar surface area (TPSA) is 55.2 Å². The van der Waals surface area contributed by atoms with Crippen molar-refractivity contribution < 1.29 is 9.31 Å². The molecule has 0 radical (unpaired) electrons. The van der Waals surface area contributed by atoms with Crippen LogP contribution in [0.15, 0.2) is 18.2 Å². The number of nitrogens with one attached hydrogen (secondary N) is 1. The lowest BCUT2D eigenvalue weighted by Crippen LogP contribution is -2.23. The molecule has 1 N–H and O–H groups in total. The van der Waals surface area contributed by atoms with Gasteiger partial charge in [-0.05, 0) is 18.9 Å². The van der Waals surface area contributed by atoms with Crippen LogP contribution in [0.5, 0.6) is 0 Å². The zero-order chi connectivity index (χ0) is 13.0. The van der Waals surface area contributed by atoms with Crippen molar-refractivity contribution >= 4 is 11.4 Å². The SMILES string of the molecule is CCC(C)C(C)Nc1ccc([N+](=O)[O-])cc1F. The highest BCUT2D eigenvalue weighted by Gasteiger charge is 2.14. The first kappa shape index (κ1) is 13.4. The third kappa shape index (κ3) is 3.41. The lowest BCUT2D eigenvalue weighted by Gasteiger charge is -2.21. The third-order valence-electron chi connectivity index (χ3n) is 3.04. The summed E-state index contributed by atoms with van der Waals surface area (Å²) >= 11 is 0. The van der Waals surface area contributed by atoms with Gasteiger partial charge in [0.25, 0.3) is 5.69 Å². The Morgan fingerprint density at radius 1 is 1.47 bits per heavy atom. The van der Waals surface area contributed by atoms with E-state index in [1.807, 2.05) is 6.92 Å². The van der Waals surface area contributed by atoms with Crippen LogP contribution in [0.25, 0.3) is 0 Å². The van der Waals surface area contributed by atoms with Gasteiger partial charge in [0.15, 0.2) is 5.82 Å². The molecule has 94 valence electrons. The Kier molecular flexibility index (Phi) is 4.43. The van der Waals surface area contributed by atoms with Gasteiger partial charge in [-0.25, -0.2) is 4.39 Å². The number of rotatable bonds is 5. The third-order valence-corrected chi connectivity index (χ3v) is 3.04. The zero-order valence-corrected chi connectivity index (χ0v) is 10.2. The van der Waals surface area contributed by atoms with Crippen molar-refractivity contribution in [2.75, 3.05) is 5.32 Å². The highest BCUT2D eigenvalue weighted by molar-refractivity contribution is 5.50. The molecule has 1 rings (SSSR count). The second-order valence-electron chi connectivity index (χ2n) is 4.24. The standard InChI is InChI=1S/C12H17FN2O2/c1-4-8(2)9(3)14-12-6-5-10(15(16)17)7-11(12)13/h5-9,14H,4H2,1-3H3. The minimum absolute atomic E-state index is 0.121. The van der Waals surface area contributed by atoms with Crippen LogP contribution in [-0.4, -0.2) is 11.0 Å². The maximum atomic E-state index is 13.6. The molecule has 0 aliphatic carbocycles. The van der Waals surface area contributed by atoms with Gasteiger partial charge in [0.1, 0.15) is 0 Å². The molecule has 0 aromatic heterocycles. The van der Waals surface area contributed by atoms with Crippen molar-refractivity contribution in [3.05, 3.63) is 34.1 Å². The molecule has 0 aliphatic rings. The molecule has 17 heavy (non-hydrogen) atoms. The Morgan fingerprint density at radius 2 is 2.12 bits per heavy atom. The number of nitro groups is 1. The van der Waals surface area contributed by atoms with E-state index in [1.54, 1.807) is 0 Å². The Labute approximate surface area is 100.0 Å². The number of hydrogen-bond donors (Lipinski definition) is 1. The smallest absolute Gasteiger partial charge is 0.272 e. The highest BCUT2D eigenvalue weighted by atomic mass is 19.1. The van der Waals surface area contributed by atoms with Crippen LogP contribution in [0.3, 0.4) is 0 Å². The van der Waals surface area contributed by atoms with Crippen molar-refractivity contribution in [2.45, 2.75) is 33.2 Å². The summed E-state index contributed by atoms with van der Waals surface area (Å²) in [6.07, 6.45) is 0.989. The van der Waals surface area contributed by atoms with E-state index in [2.05, 4.69) is 19.2 Å². The Hall–Kier alpha value is -1.65. The van der Waals surface area contributed by atoms with Crippen LogP contribution in [0, 0.1) is 21.8 Å². The monoisotopic (exact) mass is 240 g/mol. The Balaban J connectivity index is 2.82. The number of nitrogens with zero attached hydrogens (tertiary/aromatic N) is 1. The van der Waals surface area contributed by atoms with E-state index in [0.29, 0.717) is 11.6 Å². The van der Waals surface area contributed by atoms with Gasteiger partial charge < -0.3 is 5.32 Å². The largest absolute Gasteiger partial charge is 0.380 e. The number of non-ortho nitro benzene ring substituents is 1. The van der Waals surface area contributed by atoms with Gasteiger partial charge in [-0.1, -0.05) is 20.3 Å².